The predicted octanol–water partition coefficient (Wildman–Crippen LogP) is 2.26. The zero-order chi connectivity index (χ0) is 17.7. The van der Waals surface area contributed by atoms with Gasteiger partial charge >= 0.3 is 0 Å². The van der Waals surface area contributed by atoms with Crippen LogP contribution in [0.5, 0.6) is 0 Å². The minimum atomic E-state index is -0.192. The number of nitrogens with one attached hydrogen (secondary N) is 1. The fraction of sp³-hybridized carbons (Fsp3) is 0.889. The second-order valence-corrected chi connectivity index (χ2v) is 7.35. The molecule has 1 aliphatic heterocycles. The van der Waals surface area contributed by atoms with Crippen LogP contribution in [-0.4, -0.2) is 58.9 Å². The summed E-state index contributed by atoms with van der Waals surface area (Å²) in [6.45, 7) is 15.6. The molecule has 2 amide bonds. The van der Waals surface area contributed by atoms with Crippen molar-refractivity contribution in [2.45, 2.75) is 85.5 Å². The van der Waals surface area contributed by atoms with Gasteiger partial charge in [0.1, 0.15) is 0 Å². The first-order valence-electron chi connectivity index (χ1n) is 9.02. The molecule has 0 bridgehead atoms. The Kier molecular flexibility index (Phi) is 7.52. The molecule has 5 nitrogen and oxygen atoms in total. The first kappa shape index (κ1) is 19.9. The summed E-state index contributed by atoms with van der Waals surface area (Å²) in [6, 6.07) is 0.514. The molecule has 1 N–H and O–H groups in total. The lowest BCUT2D eigenvalue weighted by Gasteiger charge is -2.40. The third-order valence-electron chi connectivity index (χ3n) is 4.91. The van der Waals surface area contributed by atoms with E-state index in [0.717, 1.165) is 25.9 Å². The van der Waals surface area contributed by atoms with E-state index >= 15 is 0 Å². The van der Waals surface area contributed by atoms with Crippen LogP contribution in [0.2, 0.25) is 0 Å². The Morgan fingerprint density at radius 1 is 1.17 bits per heavy atom. The van der Waals surface area contributed by atoms with E-state index < -0.39 is 0 Å². The lowest BCUT2D eigenvalue weighted by molar-refractivity contribution is -0.137. The number of piperidine rings is 1. The molecule has 1 heterocycles. The molecule has 0 aromatic heterocycles. The van der Waals surface area contributed by atoms with Crippen LogP contribution < -0.4 is 5.32 Å². The third kappa shape index (κ3) is 5.20. The number of carbonyl (C=O) groups is 2. The molecular weight excluding hydrogens is 290 g/mol. The Labute approximate surface area is 141 Å². The largest absolute Gasteiger partial charge is 0.343 e. The van der Waals surface area contributed by atoms with E-state index in [2.05, 4.69) is 39.9 Å². The first-order chi connectivity index (χ1) is 10.7. The molecule has 1 saturated heterocycles. The first-order valence-corrected chi connectivity index (χ1v) is 9.02. The van der Waals surface area contributed by atoms with Crippen LogP contribution in [-0.2, 0) is 9.59 Å². The molecule has 0 aliphatic carbocycles. The van der Waals surface area contributed by atoms with E-state index in [1.807, 2.05) is 16.7 Å². The van der Waals surface area contributed by atoms with Gasteiger partial charge in [0.05, 0.1) is 6.04 Å². The summed E-state index contributed by atoms with van der Waals surface area (Å²) in [5, 5.41) is 3.54. The number of amides is 2. The number of hydrogen-bond donors (Lipinski definition) is 1. The van der Waals surface area contributed by atoms with Gasteiger partial charge < -0.3 is 15.1 Å². The van der Waals surface area contributed by atoms with Crippen molar-refractivity contribution >= 4 is 11.8 Å². The molecule has 134 valence electrons. The van der Waals surface area contributed by atoms with Crippen molar-refractivity contribution in [3.8, 4) is 0 Å². The zero-order valence-electron chi connectivity index (χ0n) is 15.9. The normalized spacial score (nSPS) is 23.3. The van der Waals surface area contributed by atoms with Crippen molar-refractivity contribution in [2.75, 3.05) is 13.1 Å². The fourth-order valence-electron chi connectivity index (χ4n) is 3.67. The topological polar surface area (TPSA) is 52.7 Å². The van der Waals surface area contributed by atoms with Gasteiger partial charge in [0, 0.05) is 38.1 Å². The molecule has 5 heteroatoms. The number of hydrogen-bond acceptors (Lipinski definition) is 3. The molecule has 1 aliphatic rings. The minimum Gasteiger partial charge on any atom is -0.343 e. The number of nitrogens with zero attached hydrogens (tertiary/aromatic N) is 2. The SMILES string of the molecule is CCC1CN(C(C)=O)CCC1NC(C)C(=O)N(C(C)C)C(C)C. The number of carbonyl (C=O) groups excluding carboxylic acids is 2. The predicted molar refractivity (Wildman–Crippen MR) is 94.2 cm³/mol. The van der Waals surface area contributed by atoms with Crippen molar-refractivity contribution in [1.82, 2.24) is 15.1 Å². The van der Waals surface area contributed by atoms with Crippen LogP contribution in [0.25, 0.3) is 0 Å². The summed E-state index contributed by atoms with van der Waals surface area (Å²) < 4.78 is 0. The maximum Gasteiger partial charge on any atom is 0.239 e. The average molecular weight is 325 g/mol. The van der Waals surface area contributed by atoms with E-state index in [0.29, 0.717) is 12.0 Å². The highest BCUT2D eigenvalue weighted by molar-refractivity contribution is 5.82. The highest BCUT2D eigenvalue weighted by Crippen LogP contribution is 2.21. The lowest BCUT2D eigenvalue weighted by Crippen LogP contribution is -2.57. The van der Waals surface area contributed by atoms with Gasteiger partial charge in [0.15, 0.2) is 0 Å². The third-order valence-corrected chi connectivity index (χ3v) is 4.91. The second-order valence-electron chi connectivity index (χ2n) is 7.35. The molecule has 0 aromatic carbocycles. The quantitative estimate of drug-likeness (QED) is 0.815. The van der Waals surface area contributed by atoms with Gasteiger partial charge in [-0.1, -0.05) is 13.3 Å². The molecule has 0 radical (unpaired) electrons. The summed E-state index contributed by atoms with van der Waals surface area (Å²) >= 11 is 0. The smallest absolute Gasteiger partial charge is 0.239 e. The van der Waals surface area contributed by atoms with E-state index in [1.165, 1.54) is 0 Å². The van der Waals surface area contributed by atoms with Crippen LogP contribution >= 0.6 is 0 Å². The highest BCUT2D eigenvalue weighted by atomic mass is 16.2. The standard InChI is InChI=1S/C18H35N3O2/c1-8-16-11-20(15(7)22)10-9-17(16)19-14(6)18(23)21(12(2)3)13(4)5/h12-14,16-17,19H,8-11H2,1-7H3. The monoisotopic (exact) mass is 325 g/mol. The van der Waals surface area contributed by atoms with Crippen LogP contribution in [0.4, 0.5) is 0 Å². The highest BCUT2D eigenvalue weighted by Gasteiger charge is 2.32. The summed E-state index contributed by atoms with van der Waals surface area (Å²) in [7, 11) is 0. The van der Waals surface area contributed by atoms with Crippen LogP contribution in [0.3, 0.4) is 0 Å². The zero-order valence-corrected chi connectivity index (χ0v) is 15.9. The van der Waals surface area contributed by atoms with Crippen molar-refractivity contribution in [2.24, 2.45) is 5.92 Å². The second kappa shape index (κ2) is 8.67. The molecular formula is C18H35N3O2. The van der Waals surface area contributed by atoms with Crippen molar-refractivity contribution in [3.05, 3.63) is 0 Å². The average Bonchev–Trinajstić information content (AvgIpc) is 2.46. The Hall–Kier alpha value is -1.10. The van der Waals surface area contributed by atoms with E-state index in [-0.39, 0.29) is 29.9 Å². The van der Waals surface area contributed by atoms with Gasteiger partial charge in [-0.3, -0.25) is 9.59 Å². The summed E-state index contributed by atoms with van der Waals surface area (Å²) in [5.41, 5.74) is 0. The molecule has 3 atom stereocenters. The summed E-state index contributed by atoms with van der Waals surface area (Å²) in [5.74, 6) is 0.727. The van der Waals surface area contributed by atoms with Gasteiger partial charge in [0.25, 0.3) is 0 Å². The van der Waals surface area contributed by atoms with Gasteiger partial charge in [-0.2, -0.15) is 0 Å². The van der Waals surface area contributed by atoms with Gasteiger partial charge in [0.2, 0.25) is 11.8 Å². The number of likely N-dealkylation sites (tertiary alicyclic amines) is 1. The molecule has 1 fully saturated rings. The van der Waals surface area contributed by atoms with Gasteiger partial charge in [-0.15, -0.1) is 0 Å². The molecule has 3 unspecified atom stereocenters. The Morgan fingerprint density at radius 2 is 1.74 bits per heavy atom. The molecule has 0 spiro atoms. The van der Waals surface area contributed by atoms with Gasteiger partial charge in [-0.25, -0.2) is 0 Å². The van der Waals surface area contributed by atoms with Gasteiger partial charge in [-0.05, 0) is 47.0 Å². The molecule has 0 saturated carbocycles. The van der Waals surface area contributed by atoms with E-state index in [4.69, 9.17) is 0 Å². The molecule has 1 rings (SSSR count). The Balaban J connectivity index is 2.70. The molecule has 0 aromatic rings. The van der Waals surface area contributed by atoms with Crippen LogP contribution in [0.15, 0.2) is 0 Å². The van der Waals surface area contributed by atoms with E-state index in [9.17, 15) is 9.59 Å². The maximum absolute atomic E-state index is 12.8. The fourth-order valence-corrected chi connectivity index (χ4v) is 3.67. The minimum absolute atomic E-state index is 0.150. The number of rotatable bonds is 6. The lowest BCUT2D eigenvalue weighted by atomic mass is 9.89. The Bertz CT molecular complexity index is 401. The van der Waals surface area contributed by atoms with Crippen molar-refractivity contribution in [3.63, 3.8) is 0 Å². The van der Waals surface area contributed by atoms with E-state index in [1.54, 1.807) is 6.92 Å². The van der Waals surface area contributed by atoms with Crippen molar-refractivity contribution in [1.29, 1.82) is 0 Å². The Morgan fingerprint density at radius 3 is 2.17 bits per heavy atom. The van der Waals surface area contributed by atoms with Crippen LogP contribution in [0.1, 0.15) is 61.3 Å². The summed E-state index contributed by atoms with van der Waals surface area (Å²) in [6.07, 6.45) is 1.93. The molecule has 23 heavy (non-hydrogen) atoms. The van der Waals surface area contributed by atoms with Crippen molar-refractivity contribution < 1.29 is 9.59 Å². The van der Waals surface area contributed by atoms with Crippen LogP contribution in [0, 0.1) is 5.92 Å². The maximum atomic E-state index is 12.8. The summed E-state index contributed by atoms with van der Waals surface area (Å²) in [4.78, 5) is 28.2.